The van der Waals surface area contributed by atoms with Crippen molar-refractivity contribution in [3.63, 3.8) is 0 Å². The Hall–Kier alpha value is -5.75. The van der Waals surface area contributed by atoms with Crippen molar-refractivity contribution >= 4 is 54.8 Å². The van der Waals surface area contributed by atoms with Gasteiger partial charge in [-0.1, -0.05) is 51.1 Å². The van der Waals surface area contributed by atoms with E-state index in [-0.39, 0.29) is 5.41 Å². The summed E-state index contributed by atoms with van der Waals surface area (Å²) in [6.45, 7) is 11.1. The zero-order valence-corrected chi connectivity index (χ0v) is 27.0. The molecule has 9 rings (SSSR count). The Morgan fingerprint density at radius 2 is 1.30 bits per heavy atom. The van der Waals surface area contributed by atoms with Gasteiger partial charge in [-0.2, -0.15) is 0 Å². The molecule has 0 fully saturated rings. The maximum Gasteiger partial charge on any atom is 0.146 e. The van der Waals surface area contributed by atoms with Crippen LogP contribution in [-0.4, -0.2) is 23.8 Å². The van der Waals surface area contributed by atoms with Crippen LogP contribution in [0.2, 0.25) is 0 Å². The molecule has 6 heteroatoms. The lowest BCUT2D eigenvalue weighted by molar-refractivity contribution is 0.484. The fourth-order valence-corrected chi connectivity index (χ4v) is 7.42. The van der Waals surface area contributed by atoms with Crippen LogP contribution in [0.1, 0.15) is 37.5 Å². The molecule has 0 spiro atoms. The highest BCUT2D eigenvalue weighted by atomic mass is 16.5. The van der Waals surface area contributed by atoms with Gasteiger partial charge < -0.3 is 4.74 Å². The number of imidazole rings is 2. The van der Waals surface area contributed by atoms with Gasteiger partial charge in [-0.15, -0.1) is 0 Å². The van der Waals surface area contributed by atoms with Gasteiger partial charge >= 0.3 is 0 Å². The van der Waals surface area contributed by atoms with Crippen LogP contribution in [0, 0.1) is 13.8 Å². The first-order chi connectivity index (χ1) is 22.8. The topological polar surface area (TPSA) is 56.7 Å². The lowest BCUT2D eigenvalue weighted by Gasteiger charge is -2.23. The molecule has 5 aromatic heterocycles. The second-order valence-corrected chi connectivity index (χ2v) is 13.5. The highest BCUT2D eigenvalue weighted by Gasteiger charge is 2.22. The number of hydrogen-bond acceptors (Lipinski definition) is 4. The summed E-state index contributed by atoms with van der Waals surface area (Å²) in [6.07, 6.45) is 7.74. The Balaban J connectivity index is 1.24. The van der Waals surface area contributed by atoms with Gasteiger partial charge in [0.05, 0.1) is 17.4 Å². The SMILES string of the molecule is Cc1cccc(C)c1-c1cnc2c3cc(Oc4ccc5c(c4)c4nccn4c4cccc(C(C)(C)C)c54)ccc3c3cccnc3n12. The summed E-state index contributed by atoms with van der Waals surface area (Å²) in [6, 6.07) is 29.7. The third-order valence-corrected chi connectivity index (χ3v) is 9.51. The minimum atomic E-state index is -0.0173. The highest BCUT2D eigenvalue weighted by molar-refractivity contribution is 6.14. The first-order valence-electron chi connectivity index (χ1n) is 16.0. The normalized spacial score (nSPS) is 12.4. The predicted molar refractivity (Wildman–Crippen MR) is 192 cm³/mol. The summed E-state index contributed by atoms with van der Waals surface area (Å²) in [7, 11) is 0. The van der Waals surface area contributed by atoms with Gasteiger partial charge in [0.15, 0.2) is 0 Å². The van der Waals surface area contributed by atoms with E-state index in [1.807, 2.05) is 36.9 Å². The Kier molecular flexibility index (Phi) is 5.79. The summed E-state index contributed by atoms with van der Waals surface area (Å²) in [5.41, 5.74) is 9.74. The van der Waals surface area contributed by atoms with Crippen molar-refractivity contribution in [3.8, 4) is 22.8 Å². The zero-order chi connectivity index (χ0) is 32.0. The van der Waals surface area contributed by atoms with Crippen molar-refractivity contribution in [1.82, 2.24) is 23.8 Å². The van der Waals surface area contributed by atoms with Gasteiger partial charge in [0.25, 0.3) is 0 Å². The molecular weight excluding hydrogens is 578 g/mol. The van der Waals surface area contributed by atoms with E-state index in [0.717, 1.165) is 61.2 Å². The van der Waals surface area contributed by atoms with Gasteiger partial charge in [-0.05, 0) is 101 Å². The van der Waals surface area contributed by atoms with Crippen molar-refractivity contribution in [2.45, 2.75) is 40.0 Å². The summed E-state index contributed by atoms with van der Waals surface area (Å²) >= 11 is 0. The van der Waals surface area contributed by atoms with E-state index >= 15 is 0 Å². The minimum Gasteiger partial charge on any atom is -0.457 e. The van der Waals surface area contributed by atoms with Crippen molar-refractivity contribution in [2.75, 3.05) is 0 Å². The van der Waals surface area contributed by atoms with Crippen LogP contribution in [0.3, 0.4) is 0 Å². The van der Waals surface area contributed by atoms with Crippen molar-refractivity contribution in [3.05, 3.63) is 126 Å². The summed E-state index contributed by atoms with van der Waals surface area (Å²) in [5.74, 6) is 1.50. The molecular formula is C41H33N5O. The van der Waals surface area contributed by atoms with Crippen LogP contribution in [0.4, 0.5) is 0 Å². The van der Waals surface area contributed by atoms with Crippen LogP contribution in [0.15, 0.2) is 110 Å². The van der Waals surface area contributed by atoms with Crippen LogP contribution in [0.5, 0.6) is 11.5 Å². The molecule has 0 bridgehead atoms. The fraction of sp³-hybridized carbons (Fsp3) is 0.146. The molecule has 0 aliphatic rings. The second kappa shape index (κ2) is 9.87. The average molecular weight is 612 g/mol. The Morgan fingerprint density at radius 1 is 0.617 bits per heavy atom. The van der Waals surface area contributed by atoms with Crippen LogP contribution in [0.25, 0.3) is 66.0 Å². The second-order valence-electron chi connectivity index (χ2n) is 13.5. The number of ether oxygens (including phenoxy) is 1. The Labute approximate surface area is 271 Å². The summed E-state index contributed by atoms with van der Waals surface area (Å²) < 4.78 is 11.0. The number of aryl methyl sites for hydroxylation is 2. The van der Waals surface area contributed by atoms with E-state index in [2.05, 4.69) is 116 Å². The molecule has 4 aromatic carbocycles. The third-order valence-electron chi connectivity index (χ3n) is 9.51. The molecule has 0 saturated heterocycles. The number of fused-ring (bicyclic) bond motifs is 12. The molecule has 6 nitrogen and oxygen atoms in total. The van der Waals surface area contributed by atoms with E-state index in [4.69, 9.17) is 19.7 Å². The fourth-order valence-electron chi connectivity index (χ4n) is 7.42. The van der Waals surface area contributed by atoms with Gasteiger partial charge in [0.1, 0.15) is 28.4 Å². The molecule has 0 atom stereocenters. The lowest BCUT2D eigenvalue weighted by Crippen LogP contribution is -2.12. The first-order valence-corrected chi connectivity index (χ1v) is 16.0. The quantitative estimate of drug-likeness (QED) is 0.187. The van der Waals surface area contributed by atoms with E-state index < -0.39 is 0 Å². The summed E-state index contributed by atoms with van der Waals surface area (Å²) in [5, 5.41) is 6.65. The molecule has 0 N–H and O–H groups in total. The van der Waals surface area contributed by atoms with Gasteiger partial charge in [-0.25, -0.2) is 15.0 Å². The van der Waals surface area contributed by atoms with Crippen molar-refractivity contribution < 1.29 is 4.74 Å². The third kappa shape index (κ3) is 4.07. The molecule has 5 heterocycles. The first kappa shape index (κ1) is 27.6. The van der Waals surface area contributed by atoms with E-state index in [9.17, 15) is 0 Å². The highest BCUT2D eigenvalue weighted by Crippen LogP contribution is 2.40. The van der Waals surface area contributed by atoms with E-state index in [1.165, 1.54) is 33.0 Å². The lowest BCUT2D eigenvalue weighted by atomic mass is 9.83. The molecule has 0 radical (unpaired) electrons. The molecule has 228 valence electrons. The summed E-state index contributed by atoms with van der Waals surface area (Å²) in [4.78, 5) is 14.6. The van der Waals surface area contributed by atoms with Crippen LogP contribution < -0.4 is 4.74 Å². The van der Waals surface area contributed by atoms with Crippen molar-refractivity contribution in [1.29, 1.82) is 0 Å². The standard InChI is InChI=1S/C41H33N5O/c1-24-9-6-10-25(2)36(24)35-23-44-40-31-21-26(14-16-28(31)30-11-8-18-42-39(30)46(35)40)47-27-15-17-29-32(22-27)38-43-19-20-45(38)34-13-7-12-33(37(29)34)41(3,4)5/h6-23H,1-5H3. The molecule has 0 aliphatic carbocycles. The molecule has 0 aliphatic heterocycles. The number of benzene rings is 4. The Bertz CT molecular complexity index is 2710. The van der Waals surface area contributed by atoms with E-state index in [1.54, 1.807) is 0 Å². The van der Waals surface area contributed by atoms with Gasteiger partial charge in [0.2, 0.25) is 0 Å². The number of rotatable bonds is 3. The maximum absolute atomic E-state index is 6.63. The van der Waals surface area contributed by atoms with Crippen LogP contribution >= 0.6 is 0 Å². The van der Waals surface area contributed by atoms with E-state index in [0.29, 0.717) is 0 Å². The largest absolute Gasteiger partial charge is 0.457 e. The number of aromatic nitrogens is 5. The Morgan fingerprint density at radius 3 is 2.06 bits per heavy atom. The zero-order valence-electron chi connectivity index (χ0n) is 27.0. The molecule has 47 heavy (non-hydrogen) atoms. The predicted octanol–water partition coefficient (Wildman–Crippen LogP) is 10.4. The van der Waals surface area contributed by atoms with Crippen LogP contribution in [-0.2, 0) is 5.41 Å². The molecule has 0 unspecified atom stereocenters. The number of nitrogens with zero attached hydrogens (tertiary/aromatic N) is 5. The minimum absolute atomic E-state index is 0.0173. The monoisotopic (exact) mass is 611 g/mol. The van der Waals surface area contributed by atoms with Gasteiger partial charge in [-0.3, -0.25) is 8.80 Å². The van der Waals surface area contributed by atoms with Crippen molar-refractivity contribution in [2.24, 2.45) is 0 Å². The molecule has 0 amide bonds. The average Bonchev–Trinajstić information content (AvgIpc) is 3.73. The maximum atomic E-state index is 6.63. The molecule has 0 saturated carbocycles. The molecule has 9 aromatic rings. The number of pyridine rings is 3. The van der Waals surface area contributed by atoms with Gasteiger partial charge in [0, 0.05) is 45.7 Å². The number of hydrogen-bond donors (Lipinski definition) is 0. The smallest absolute Gasteiger partial charge is 0.146 e.